The summed E-state index contributed by atoms with van der Waals surface area (Å²) >= 11 is 0. The molecule has 0 radical (unpaired) electrons. The molecule has 110 valence electrons. The van der Waals surface area contributed by atoms with Gasteiger partial charge in [0.25, 0.3) is 0 Å². The summed E-state index contributed by atoms with van der Waals surface area (Å²) in [4.78, 5) is 13.4. The first-order chi connectivity index (χ1) is 9.38. The largest absolute Gasteiger partial charge is 0.398 e. The van der Waals surface area contributed by atoms with Gasteiger partial charge >= 0.3 is 6.18 Å². The lowest BCUT2D eigenvalue weighted by Crippen LogP contribution is -2.45. The third kappa shape index (κ3) is 3.43. The number of rotatable bonds is 2. The summed E-state index contributed by atoms with van der Waals surface area (Å²) in [5.74, 6) is -1.70. The van der Waals surface area contributed by atoms with Crippen LogP contribution in [0.4, 0.5) is 18.9 Å². The standard InChI is InChI=1S/C14H17F3N2O/c15-14(16,17)11-5-3-7-19(9-11)13(20)8-10-4-1-2-6-12(10)18/h1-2,4,6,11H,3,5,7-9,18H2. The molecule has 0 bridgehead atoms. The third-order valence-corrected chi connectivity index (χ3v) is 3.63. The molecule has 0 spiro atoms. The molecule has 1 atom stereocenters. The number of hydrogen-bond donors (Lipinski definition) is 1. The Balaban J connectivity index is 2.01. The zero-order valence-corrected chi connectivity index (χ0v) is 11.0. The summed E-state index contributed by atoms with van der Waals surface area (Å²) in [6, 6.07) is 6.91. The van der Waals surface area contributed by atoms with Crippen LogP contribution in [0.3, 0.4) is 0 Å². The van der Waals surface area contributed by atoms with Gasteiger partial charge in [-0.15, -0.1) is 0 Å². The first-order valence-corrected chi connectivity index (χ1v) is 6.56. The fourth-order valence-electron chi connectivity index (χ4n) is 2.44. The summed E-state index contributed by atoms with van der Waals surface area (Å²) in [7, 11) is 0. The van der Waals surface area contributed by atoms with Gasteiger partial charge in [-0.3, -0.25) is 4.79 Å². The molecule has 6 heteroatoms. The molecule has 3 nitrogen and oxygen atoms in total. The quantitative estimate of drug-likeness (QED) is 0.849. The number of piperidine rings is 1. The van der Waals surface area contributed by atoms with Crippen molar-refractivity contribution in [2.45, 2.75) is 25.4 Å². The van der Waals surface area contributed by atoms with Crippen LogP contribution < -0.4 is 5.73 Å². The van der Waals surface area contributed by atoms with Crippen molar-refractivity contribution < 1.29 is 18.0 Å². The Morgan fingerprint density at radius 3 is 2.70 bits per heavy atom. The van der Waals surface area contributed by atoms with E-state index in [4.69, 9.17) is 5.73 Å². The van der Waals surface area contributed by atoms with E-state index in [1.54, 1.807) is 24.3 Å². The molecule has 0 aliphatic carbocycles. The number of para-hydroxylation sites is 1. The van der Waals surface area contributed by atoms with E-state index in [1.165, 1.54) is 4.90 Å². The van der Waals surface area contributed by atoms with E-state index in [0.717, 1.165) is 0 Å². The number of benzene rings is 1. The molecule has 1 heterocycles. The number of nitrogens with zero attached hydrogens (tertiary/aromatic N) is 1. The maximum absolute atomic E-state index is 12.7. The second kappa shape index (κ2) is 5.73. The van der Waals surface area contributed by atoms with Crippen molar-refractivity contribution >= 4 is 11.6 Å². The highest BCUT2D eigenvalue weighted by Gasteiger charge is 2.42. The monoisotopic (exact) mass is 286 g/mol. The Labute approximate surface area is 115 Å². The summed E-state index contributed by atoms with van der Waals surface area (Å²) in [5.41, 5.74) is 6.89. The van der Waals surface area contributed by atoms with Crippen LogP contribution in [-0.4, -0.2) is 30.1 Å². The third-order valence-electron chi connectivity index (χ3n) is 3.63. The molecule has 1 aliphatic rings. The number of alkyl halides is 3. The molecule has 1 aromatic rings. The van der Waals surface area contributed by atoms with Crippen molar-refractivity contribution in [2.24, 2.45) is 5.92 Å². The Morgan fingerprint density at radius 1 is 1.35 bits per heavy atom. The van der Waals surface area contributed by atoms with Crippen molar-refractivity contribution in [3.8, 4) is 0 Å². The van der Waals surface area contributed by atoms with Gasteiger partial charge in [0.2, 0.25) is 5.91 Å². The highest BCUT2D eigenvalue weighted by molar-refractivity contribution is 5.80. The number of carbonyl (C=O) groups excluding carboxylic acids is 1. The smallest absolute Gasteiger partial charge is 0.393 e. The molecule has 0 aromatic heterocycles. The first-order valence-electron chi connectivity index (χ1n) is 6.56. The fraction of sp³-hybridized carbons (Fsp3) is 0.500. The minimum Gasteiger partial charge on any atom is -0.398 e. The van der Waals surface area contributed by atoms with Crippen LogP contribution in [0.25, 0.3) is 0 Å². The maximum Gasteiger partial charge on any atom is 0.393 e. The first kappa shape index (κ1) is 14.7. The van der Waals surface area contributed by atoms with Gasteiger partial charge in [0.15, 0.2) is 0 Å². The Morgan fingerprint density at radius 2 is 2.05 bits per heavy atom. The SMILES string of the molecule is Nc1ccccc1CC(=O)N1CCCC(C(F)(F)F)C1. The van der Waals surface area contributed by atoms with Gasteiger partial charge in [-0.1, -0.05) is 18.2 Å². The van der Waals surface area contributed by atoms with E-state index in [1.807, 2.05) is 0 Å². The lowest BCUT2D eigenvalue weighted by Gasteiger charge is -2.33. The van der Waals surface area contributed by atoms with E-state index >= 15 is 0 Å². The molecule has 20 heavy (non-hydrogen) atoms. The van der Waals surface area contributed by atoms with Gasteiger partial charge in [0.05, 0.1) is 12.3 Å². The van der Waals surface area contributed by atoms with Crippen LogP contribution in [0.2, 0.25) is 0 Å². The molecule has 1 aliphatic heterocycles. The van der Waals surface area contributed by atoms with Crippen molar-refractivity contribution in [2.75, 3.05) is 18.8 Å². The number of anilines is 1. The van der Waals surface area contributed by atoms with Gasteiger partial charge in [-0.05, 0) is 24.5 Å². The number of carbonyl (C=O) groups is 1. The zero-order valence-electron chi connectivity index (χ0n) is 11.0. The highest BCUT2D eigenvalue weighted by atomic mass is 19.4. The number of likely N-dealkylation sites (tertiary alicyclic amines) is 1. The molecule has 1 aromatic carbocycles. The van der Waals surface area contributed by atoms with Crippen molar-refractivity contribution in [1.29, 1.82) is 0 Å². The minimum absolute atomic E-state index is 0.0528. The number of nitrogen functional groups attached to an aromatic ring is 1. The highest BCUT2D eigenvalue weighted by Crippen LogP contribution is 2.33. The molecule has 1 amide bonds. The summed E-state index contributed by atoms with van der Waals surface area (Å²) in [5, 5.41) is 0. The van der Waals surface area contributed by atoms with Crippen molar-refractivity contribution in [3.63, 3.8) is 0 Å². The normalized spacial score (nSPS) is 19.9. The van der Waals surface area contributed by atoms with Crippen LogP contribution in [0.15, 0.2) is 24.3 Å². The van der Waals surface area contributed by atoms with E-state index in [-0.39, 0.29) is 25.3 Å². The van der Waals surface area contributed by atoms with E-state index in [0.29, 0.717) is 24.2 Å². The van der Waals surface area contributed by atoms with Gasteiger partial charge < -0.3 is 10.6 Å². The lowest BCUT2D eigenvalue weighted by molar-refractivity contribution is -0.187. The predicted molar refractivity (Wildman–Crippen MR) is 69.9 cm³/mol. The zero-order chi connectivity index (χ0) is 14.8. The second-order valence-corrected chi connectivity index (χ2v) is 5.10. The molecular weight excluding hydrogens is 269 g/mol. The average molecular weight is 286 g/mol. The number of halogens is 3. The maximum atomic E-state index is 12.7. The fourth-order valence-corrected chi connectivity index (χ4v) is 2.44. The van der Waals surface area contributed by atoms with Gasteiger partial charge in [-0.25, -0.2) is 0 Å². The van der Waals surface area contributed by atoms with Crippen molar-refractivity contribution in [3.05, 3.63) is 29.8 Å². The lowest BCUT2D eigenvalue weighted by atomic mass is 9.97. The van der Waals surface area contributed by atoms with Crippen LogP contribution in [-0.2, 0) is 11.2 Å². The summed E-state index contributed by atoms with van der Waals surface area (Å²) < 4.78 is 38.1. The summed E-state index contributed by atoms with van der Waals surface area (Å²) in [6.07, 6.45) is -3.69. The van der Waals surface area contributed by atoms with E-state index in [2.05, 4.69) is 0 Å². The Hall–Kier alpha value is -1.72. The van der Waals surface area contributed by atoms with Crippen molar-refractivity contribution in [1.82, 2.24) is 4.90 Å². The molecule has 1 unspecified atom stereocenters. The molecular formula is C14H17F3N2O. The molecule has 0 saturated carbocycles. The molecule has 1 saturated heterocycles. The topological polar surface area (TPSA) is 46.3 Å². The minimum atomic E-state index is -4.23. The summed E-state index contributed by atoms with van der Waals surface area (Å²) in [6.45, 7) is 0.146. The number of nitrogens with two attached hydrogens (primary N) is 1. The second-order valence-electron chi connectivity index (χ2n) is 5.10. The average Bonchev–Trinajstić information content (AvgIpc) is 2.40. The van der Waals surface area contributed by atoms with Gasteiger partial charge in [-0.2, -0.15) is 13.2 Å². The van der Waals surface area contributed by atoms with E-state index < -0.39 is 12.1 Å². The van der Waals surface area contributed by atoms with Crippen LogP contribution in [0.1, 0.15) is 18.4 Å². The number of amides is 1. The predicted octanol–water partition coefficient (Wildman–Crippen LogP) is 2.61. The van der Waals surface area contributed by atoms with Crippen LogP contribution in [0.5, 0.6) is 0 Å². The van der Waals surface area contributed by atoms with Gasteiger partial charge in [0, 0.05) is 18.8 Å². The van der Waals surface area contributed by atoms with Crippen LogP contribution in [0, 0.1) is 5.92 Å². The van der Waals surface area contributed by atoms with E-state index in [9.17, 15) is 18.0 Å². The Kier molecular flexibility index (Phi) is 4.20. The van der Waals surface area contributed by atoms with Crippen LogP contribution >= 0.6 is 0 Å². The number of hydrogen-bond acceptors (Lipinski definition) is 2. The molecule has 2 rings (SSSR count). The van der Waals surface area contributed by atoms with Gasteiger partial charge in [0.1, 0.15) is 0 Å². The Bertz CT molecular complexity index is 488. The molecule has 1 fully saturated rings. The molecule has 2 N–H and O–H groups in total.